The molecule has 1 fully saturated rings. The monoisotopic (exact) mass is 395 g/mol. The molecule has 1 aromatic carbocycles. The van der Waals surface area contributed by atoms with Crippen LogP contribution in [-0.4, -0.2) is 17.3 Å². The molecule has 1 unspecified atom stereocenters. The van der Waals surface area contributed by atoms with Crippen molar-refractivity contribution in [3.8, 4) is 0 Å². The van der Waals surface area contributed by atoms with E-state index in [9.17, 15) is 4.79 Å². The van der Waals surface area contributed by atoms with Gasteiger partial charge in [0.25, 0.3) is 0 Å². The highest BCUT2D eigenvalue weighted by Gasteiger charge is 2.31. The molecular weight excluding hydrogens is 390 g/mol. The third-order valence-electron chi connectivity index (χ3n) is 2.34. The highest BCUT2D eigenvalue weighted by atomic mass is 79.9. The number of amides is 1. The Morgan fingerprint density at radius 1 is 1.33 bits per heavy atom. The Kier molecular flexibility index (Phi) is 3.52. The van der Waals surface area contributed by atoms with Crippen LogP contribution in [0.2, 0.25) is 0 Å². The molecule has 1 aromatic rings. The fraction of sp³-hybridized carbons (Fsp3) is 0.300. The standard InChI is InChI=1S/C10H8Br3NO/c11-6-1-2-9(8(13)5-6)14-4-3-7(12)10(14)15/h1-2,5,7H,3-4H2. The largest absolute Gasteiger partial charge is 0.310 e. The maximum atomic E-state index is 11.8. The first-order chi connectivity index (χ1) is 7.09. The summed E-state index contributed by atoms with van der Waals surface area (Å²) in [6.07, 6.45) is 0.862. The molecule has 1 aliphatic heterocycles. The molecule has 80 valence electrons. The highest BCUT2D eigenvalue weighted by Crippen LogP contribution is 2.33. The molecule has 1 heterocycles. The van der Waals surface area contributed by atoms with Crippen molar-refractivity contribution in [1.29, 1.82) is 0 Å². The van der Waals surface area contributed by atoms with Crippen LogP contribution in [0.1, 0.15) is 6.42 Å². The first-order valence-corrected chi connectivity index (χ1v) is 7.00. The molecule has 2 rings (SSSR count). The zero-order valence-electron chi connectivity index (χ0n) is 7.71. The van der Waals surface area contributed by atoms with Crippen molar-refractivity contribution in [2.45, 2.75) is 11.2 Å². The van der Waals surface area contributed by atoms with Crippen molar-refractivity contribution in [1.82, 2.24) is 0 Å². The summed E-state index contributed by atoms with van der Waals surface area (Å²) in [5.41, 5.74) is 0.935. The van der Waals surface area contributed by atoms with Crippen LogP contribution < -0.4 is 4.90 Å². The average molecular weight is 398 g/mol. The third kappa shape index (κ3) is 2.29. The second kappa shape index (κ2) is 4.55. The van der Waals surface area contributed by atoms with E-state index in [1.54, 1.807) is 4.90 Å². The number of halogens is 3. The molecule has 1 atom stereocenters. The van der Waals surface area contributed by atoms with Gasteiger partial charge in [-0.3, -0.25) is 4.79 Å². The molecule has 1 saturated heterocycles. The van der Waals surface area contributed by atoms with Crippen LogP contribution in [0.5, 0.6) is 0 Å². The van der Waals surface area contributed by atoms with Gasteiger partial charge in [0, 0.05) is 15.5 Å². The maximum absolute atomic E-state index is 11.8. The van der Waals surface area contributed by atoms with Gasteiger partial charge in [0.1, 0.15) is 0 Å². The fourth-order valence-corrected chi connectivity index (χ4v) is 3.30. The van der Waals surface area contributed by atoms with Crippen molar-refractivity contribution >= 4 is 59.4 Å². The molecule has 5 heteroatoms. The minimum atomic E-state index is -0.0342. The first kappa shape index (κ1) is 11.6. The number of anilines is 1. The summed E-state index contributed by atoms with van der Waals surface area (Å²) in [6.45, 7) is 0.773. The van der Waals surface area contributed by atoms with Gasteiger partial charge in [-0.25, -0.2) is 0 Å². The summed E-state index contributed by atoms with van der Waals surface area (Å²) in [4.78, 5) is 13.6. The number of nitrogens with zero attached hydrogens (tertiary/aromatic N) is 1. The first-order valence-electron chi connectivity index (χ1n) is 4.50. The summed E-state index contributed by atoms with van der Waals surface area (Å²) in [6, 6.07) is 5.83. The smallest absolute Gasteiger partial charge is 0.240 e. The topological polar surface area (TPSA) is 20.3 Å². The van der Waals surface area contributed by atoms with Crippen LogP contribution >= 0.6 is 47.8 Å². The molecule has 1 amide bonds. The second-order valence-corrected chi connectivity index (χ2v) is 6.22. The van der Waals surface area contributed by atoms with E-state index in [0.717, 1.165) is 27.6 Å². The van der Waals surface area contributed by atoms with Gasteiger partial charge >= 0.3 is 0 Å². The quantitative estimate of drug-likeness (QED) is 0.661. The number of hydrogen-bond acceptors (Lipinski definition) is 1. The average Bonchev–Trinajstić information content (AvgIpc) is 2.49. The lowest BCUT2D eigenvalue weighted by atomic mass is 10.3. The Bertz CT molecular complexity index is 408. The Morgan fingerprint density at radius 3 is 2.60 bits per heavy atom. The lowest BCUT2D eigenvalue weighted by Gasteiger charge is -2.17. The van der Waals surface area contributed by atoms with Crippen molar-refractivity contribution < 1.29 is 4.79 Å². The van der Waals surface area contributed by atoms with Crippen LogP contribution in [0.3, 0.4) is 0 Å². The van der Waals surface area contributed by atoms with Gasteiger partial charge in [-0.2, -0.15) is 0 Å². The summed E-state index contributed by atoms with van der Waals surface area (Å²) in [7, 11) is 0. The van der Waals surface area contributed by atoms with E-state index in [4.69, 9.17) is 0 Å². The van der Waals surface area contributed by atoms with Gasteiger partial charge in [-0.15, -0.1) is 0 Å². The predicted molar refractivity (Wildman–Crippen MR) is 71.5 cm³/mol. The third-order valence-corrected chi connectivity index (χ3v) is 4.32. The molecule has 0 aromatic heterocycles. The number of hydrogen-bond donors (Lipinski definition) is 0. The fourth-order valence-electron chi connectivity index (χ4n) is 1.58. The number of alkyl halides is 1. The summed E-state index contributed by atoms with van der Waals surface area (Å²) < 4.78 is 1.94. The van der Waals surface area contributed by atoms with Gasteiger partial charge in [-0.05, 0) is 40.5 Å². The van der Waals surface area contributed by atoms with Crippen molar-refractivity contribution in [3.63, 3.8) is 0 Å². The molecule has 1 aliphatic rings. The second-order valence-electron chi connectivity index (χ2n) is 3.34. The molecule has 0 spiro atoms. The van der Waals surface area contributed by atoms with Gasteiger partial charge in [0.15, 0.2) is 0 Å². The summed E-state index contributed by atoms with van der Waals surface area (Å²) >= 11 is 10.2. The van der Waals surface area contributed by atoms with Gasteiger partial charge in [0.05, 0.1) is 10.5 Å². The van der Waals surface area contributed by atoms with Crippen LogP contribution in [0, 0.1) is 0 Å². The maximum Gasteiger partial charge on any atom is 0.240 e. The predicted octanol–water partition coefficient (Wildman–Crippen LogP) is 3.71. The van der Waals surface area contributed by atoms with Crippen molar-refractivity contribution in [2.75, 3.05) is 11.4 Å². The molecule has 0 radical (unpaired) electrons. The Morgan fingerprint density at radius 2 is 2.07 bits per heavy atom. The number of carbonyl (C=O) groups is 1. The zero-order valence-corrected chi connectivity index (χ0v) is 12.5. The number of rotatable bonds is 1. The molecule has 0 N–H and O–H groups in total. The van der Waals surface area contributed by atoms with Crippen molar-refractivity contribution in [3.05, 3.63) is 27.1 Å². The van der Waals surface area contributed by atoms with Crippen LogP contribution in [0.25, 0.3) is 0 Å². The molecule has 0 bridgehead atoms. The van der Waals surface area contributed by atoms with Crippen LogP contribution in [0.4, 0.5) is 5.69 Å². The van der Waals surface area contributed by atoms with Gasteiger partial charge < -0.3 is 4.90 Å². The SMILES string of the molecule is O=C1C(Br)CCN1c1ccc(Br)cc1Br. The molecule has 2 nitrogen and oxygen atoms in total. The highest BCUT2D eigenvalue weighted by molar-refractivity contribution is 9.11. The Labute approximate surface area is 113 Å². The molecule has 15 heavy (non-hydrogen) atoms. The van der Waals surface area contributed by atoms with E-state index in [-0.39, 0.29) is 10.7 Å². The van der Waals surface area contributed by atoms with E-state index in [1.165, 1.54) is 0 Å². The zero-order chi connectivity index (χ0) is 11.0. The summed E-state index contributed by atoms with van der Waals surface area (Å²) in [5, 5.41) is 0. The van der Waals surface area contributed by atoms with E-state index in [2.05, 4.69) is 47.8 Å². The molecule has 0 aliphatic carbocycles. The lowest BCUT2D eigenvalue weighted by Crippen LogP contribution is -2.27. The minimum Gasteiger partial charge on any atom is -0.310 e. The van der Waals surface area contributed by atoms with E-state index in [1.807, 2.05) is 18.2 Å². The van der Waals surface area contributed by atoms with E-state index >= 15 is 0 Å². The minimum absolute atomic E-state index is 0.0342. The number of benzene rings is 1. The normalized spacial score (nSPS) is 21.1. The van der Waals surface area contributed by atoms with Crippen LogP contribution in [0.15, 0.2) is 27.1 Å². The molecule has 0 saturated carbocycles. The van der Waals surface area contributed by atoms with Gasteiger partial charge in [0.2, 0.25) is 5.91 Å². The number of carbonyl (C=O) groups excluding carboxylic acids is 1. The Balaban J connectivity index is 2.34. The van der Waals surface area contributed by atoms with E-state index < -0.39 is 0 Å². The van der Waals surface area contributed by atoms with Crippen LogP contribution in [-0.2, 0) is 4.79 Å². The van der Waals surface area contributed by atoms with Gasteiger partial charge in [-0.1, -0.05) is 31.9 Å². The Hall–Kier alpha value is 0.130. The van der Waals surface area contributed by atoms with E-state index in [0.29, 0.717) is 0 Å². The molecular formula is C10H8Br3NO. The van der Waals surface area contributed by atoms with Crippen molar-refractivity contribution in [2.24, 2.45) is 0 Å². The lowest BCUT2D eigenvalue weighted by molar-refractivity contribution is -0.116. The summed E-state index contributed by atoms with van der Waals surface area (Å²) in [5.74, 6) is 0.137.